The lowest BCUT2D eigenvalue weighted by Gasteiger charge is -2.38. The third-order valence-corrected chi connectivity index (χ3v) is 5.31. The largest absolute Gasteiger partial charge is 0.495 e. The van der Waals surface area contributed by atoms with Crippen LogP contribution < -0.4 is 15.0 Å². The van der Waals surface area contributed by atoms with E-state index in [1.165, 1.54) is 6.42 Å². The number of benzene rings is 1. The van der Waals surface area contributed by atoms with Crippen LogP contribution in [0.2, 0.25) is 0 Å². The number of nitrogens with one attached hydrogen (secondary N) is 1. The number of hydrogen-bond acceptors (Lipinski definition) is 3. The summed E-state index contributed by atoms with van der Waals surface area (Å²) < 4.78 is 5.46. The highest BCUT2D eigenvalue weighted by Crippen LogP contribution is 2.30. The minimum Gasteiger partial charge on any atom is -0.495 e. The van der Waals surface area contributed by atoms with Crippen molar-refractivity contribution in [1.29, 1.82) is 0 Å². The number of anilines is 1. The molecule has 2 saturated heterocycles. The highest BCUT2D eigenvalue weighted by Gasteiger charge is 2.27. The Morgan fingerprint density at radius 3 is 2.58 bits per heavy atom. The molecule has 5 nitrogen and oxygen atoms in total. The lowest BCUT2D eigenvalue weighted by Crippen LogP contribution is -2.52. The van der Waals surface area contributed by atoms with Crippen molar-refractivity contribution in [2.75, 3.05) is 31.6 Å². The van der Waals surface area contributed by atoms with Crippen molar-refractivity contribution in [2.24, 2.45) is 0 Å². The Bertz CT molecular complexity index is 555. The zero-order chi connectivity index (χ0) is 16.9. The number of piperidine rings is 2. The quantitative estimate of drug-likeness (QED) is 0.925. The van der Waals surface area contributed by atoms with Crippen molar-refractivity contribution >= 4 is 11.7 Å². The molecule has 0 saturated carbocycles. The van der Waals surface area contributed by atoms with E-state index < -0.39 is 0 Å². The summed E-state index contributed by atoms with van der Waals surface area (Å²) >= 11 is 0. The highest BCUT2D eigenvalue weighted by atomic mass is 16.5. The van der Waals surface area contributed by atoms with Crippen molar-refractivity contribution in [2.45, 2.75) is 51.1 Å². The number of ether oxygens (including phenoxy) is 1. The third kappa shape index (κ3) is 3.77. The van der Waals surface area contributed by atoms with Crippen LogP contribution in [0.3, 0.4) is 0 Å². The number of likely N-dealkylation sites (tertiary alicyclic amines) is 1. The zero-order valence-corrected chi connectivity index (χ0v) is 14.8. The molecule has 0 spiro atoms. The first-order valence-electron chi connectivity index (χ1n) is 9.14. The van der Waals surface area contributed by atoms with Crippen LogP contribution in [0.25, 0.3) is 0 Å². The van der Waals surface area contributed by atoms with Crippen molar-refractivity contribution in [3.63, 3.8) is 0 Å². The van der Waals surface area contributed by atoms with Gasteiger partial charge < -0.3 is 19.9 Å². The van der Waals surface area contributed by atoms with Gasteiger partial charge in [-0.2, -0.15) is 0 Å². The number of amides is 2. The monoisotopic (exact) mass is 331 g/mol. The predicted molar refractivity (Wildman–Crippen MR) is 96.8 cm³/mol. The molecule has 2 amide bonds. The first kappa shape index (κ1) is 16.9. The van der Waals surface area contributed by atoms with E-state index in [9.17, 15) is 4.79 Å². The zero-order valence-electron chi connectivity index (χ0n) is 14.8. The lowest BCUT2D eigenvalue weighted by molar-refractivity contribution is 0.153. The Hall–Kier alpha value is -1.91. The maximum Gasteiger partial charge on any atom is 0.317 e. The van der Waals surface area contributed by atoms with Crippen LogP contribution in [-0.2, 0) is 0 Å². The Kier molecular flexibility index (Phi) is 5.48. The van der Waals surface area contributed by atoms with Crippen LogP contribution in [0, 0.1) is 0 Å². The van der Waals surface area contributed by atoms with Crippen LogP contribution in [0.1, 0.15) is 39.0 Å². The van der Waals surface area contributed by atoms with Crippen LogP contribution in [0.15, 0.2) is 24.3 Å². The number of rotatable bonds is 3. The number of hydrogen-bond donors (Lipinski definition) is 1. The fourth-order valence-corrected chi connectivity index (χ4v) is 3.81. The lowest BCUT2D eigenvalue weighted by atomic mass is 10.0. The second-order valence-electron chi connectivity index (χ2n) is 6.92. The summed E-state index contributed by atoms with van der Waals surface area (Å²) in [6.07, 6.45) is 5.45. The van der Waals surface area contributed by atoms with E-state index in [1.54, 1.807) is 7.11 Å². The van der Waals surface area contributed by atoms with E-state index in [0.717, 1.165) is 56.8 Å². The highest BCUT2D eigenvalue weighted by molar-refractivity contribution is 5.75. The second kappa shape index (κ2) is 7.77. The summed E-state index contributed by atoms with van der Waals surface area (Å²) in [5, 5.41) is 3.25. The van der Waals surface area contributed by atoms with E-state index in [-0.39, 0.29) is 12.1 Å². The predicted octanol–water partition coefficient (Wildman–Crippen LogP) is 3.25. The first-order valence-corrected chi connectivity index (χ1v) is 9.14. The second-order valence-corrected chi connectivity index (χ2v) is 6.92. The molecule has 24 heavy (non-hydrogen) atoms. The van der Waals surface area contributed by atoms with Gasteiger partial charge in [-0.05, 0) is 51.2 Å². The number of carbonyl (C=O) groups excluding carboxylic acids is 1. The number of para-hydroxylation sites is 2. The van der Waals surface area contributed by atoms with Crippen molar-refractivity contribution < 1.29 is 9.53 Å². The third-order valence-electron chi connectivity index (χ3n) is 5.31. The summed E-state index contributed by atoms with van der Waals surface area (Å²) in [6.45, 7) is 4.94. The number of nitrogens with zero attached hydrogens (tertiary/aromatic N) is 2. The average molecular weight is 331 g/mol. The van der Waals surface area contributed by atoms with Gasteiger partial charge in [0.1, 0.15) is 5.75 Å². The number of methoxy groups -OCH3 is 1. The molecule has 0 aliphatic carbocycles. The molecule has 1 unspecified atom stereocenters. The van der Waals surface area contributed by atoms with Gasteiger partial charge in [-0.3, -0.25) is 0 Å². The maximum absolute atomic E-state index is 12.5. The number of urea groups is 1. The molecule has 0 bridgehead atoms. The molecule has 1 aromatic rings. The van der Waals surface area contributed by atoms with Crippen LogP contribution in [0.5, 0.6) is 5.75 Å². The molecule has 1 N–H and O–H groups in total. The Morgan fingerprint density at radius 1 is 1.12 bits per heavy atom. The van der Waals surface area contributed by atoms with Gasteiger partial charge in [0.25, 0.3) is 0 Å². The summed E-state index contributed by atoms with van der Waals surface area (Å²) in [7, 11) is 1.71. The van der Waals surface area contributed by atoms with E-state index in [0.29, 0.717) is 6.04 Å². The fourth-order valence-electron chi connectivity index (χ4n) is 3.81. The Balaban J connectivity index is 1.52. The Labute approximate surface area is 145 Å². The molecular weight excluding hydrogens is 302 g/mol. The van der Waals surface area contributed by atoms with E-state index in [4.69, 9.17) is 4.74 Å². The summed E-state index contributed by atoms with van der Waals surface area (Å²) in [5.41, 5.74) is 1.15. The number of carbonyl (C=O) groups is 1. The average Bonchev–Trinajstić information content (AvgIpc) is 2.62. The van der Waals surface area contributed by atoms with Gasteiger partial charge in [0.15, 0.2) is 0 Å². The molecule has 132 valence electrons. The van der Waals surface area contributed by atoms with E-state index in [1.807, 2.05) is 23.1 Å². The van der Waals surface area contributed by atoms with Crippen LogP contribution >= 0.6 is 0 Å². The maximum atomic E-state index is 12.5. The normalized spacial score (nSPS) is 22.3. The molecule has 2 aliphatic heterocycles. The molecule has 0 aromatic heterocycles. The van der Waals surface area contributed by atoms with Crippen molar-refractivity contribution in [3.05, 3.63) is 24.3 Å². The SMILES string of the molecule is COc1ccccc1N1CCC(NC(=O)N2CCCCC2C)CC1. The first-order chi connectivity index (χ1) is 11.7. The molecule has 1 aromatic carbocycles. The van der Waals surface area contributed by atoms with Crippen molar-refractivity contribution in [1.82, 2.24) is 10.2 Å². The summed E-state index contributed by atoms with van der Waals surface area (Å²) in [4.78, 5) is 16.9. The summed E-state index contributed by atoms with van der Waals surface area (Å²) in [5.74, 6) is 0.919. The fraction of sp³-hybridized carbons (Fsp3) is 0.632. The van der Waals surface area contributed by atoms with E-state index >= 15 is 0 Å². The van der Waals surface area contributed by atoms with Gasteiger partial charge in [-0.1, -0.05) is 12.1 Å². The van der Waals surface area contributed by atoms with Crippen molar-refractivity contribution in [3.8, 4) is 5.75 Å². The Morgan fingerprint density at radius 2 is 1.88 bits per heavy atom. The molecular formula is C19H29N3O2. The van der Waals surface area contributed by atoms with Crippen LogP contribution in [0.4, 0.5) is 10.5 Å². The minimum atomic E-state index is 0.123. The molecule has 1 atom stereocenters. The topological polar surface area (TPSA) is 44.8 Å². The van der Waals surface area contributed by atoms with Gasteiger partial charge in [0.2, 0.25) is 0 Å². The molecule has 2 fully saturated rings. The van der Waals surface area contributed by atoms with Gasteiger partial charge in [0, 0.05) is 31.7 Å². The molecule has 5 heteroatoms. The van der Waals surface area contributed by atoms with Gasteiger partial charge in [0.05, 0.1) is 12.8 Å². The molecule has 3 rings (SSSR count). The van der Waals surface area contributed by atoms with Gasteiger partial charge in [-0.25, -0.2) is 4.79 Å². The summed E-state index contributed by atoms with van der Waals surface area (Å²) in [6, 6.07) is 8.91. The van der Waals surface area contributed by atoms with Crippen LogP contribution in [-0.4, -0.2) is 49.8 Å². The minimum absolute atomic E-state index is 0.123. The van der Waals surface area contributed by atoms with Gasteiger partial charge in [-0.15, -0.1) is 0 Å². The van der Waals surface area contributed by atoms with Gasteiger partial charge >= 0.3 is 6.03 Å². The molecule has 2 aliphatic rings. The smallest absolute Gasteiger partial charge is 0.317 e. The molecule has 0 radical (unpaired) electrons. The molecule has 2 heterocycles. The van der Waals surface area contributed by atoms with E-state index in [2.05, 4.69) is 23.2 Å². The standard InChI is InChI=1S/C19H29N3O2/c1-15-7-5-6-12-22(15)19(23)20-16-10-13-21(14-11-16)17-8-3-4-9-18(17)24-2/h3-4,8-9,15-16H,5-7,10-14H2,1-2H3,(H,20,23).